The van der Waals surface area contributed by atoms with Crippen LogP contribution in [-0.2, 0) is 9.53 Å². The second-order valence-electron chi connectivity index (χ2n) is 9.31. The van der Waals surface area contributed by atoms with E-state index in [4.69, 9.17) is 9.72 Å². The Balaban J connectivity index is 1.59. The summed E-state index contributed by atoms with van der Waals surface area (Å²) in [5.41, 5.74) is 0.952. The minimum atomic E-state index is -2.81. The molecule has 0 amide bonds. The van der Waals surface area contributed by atoms with Gasteiger partial charge in [0, 0.05) is 32.7 Å². The van der Waals surface area contributed by atoms with Gasteiger partial charge in [0.2, 0.25) is 17.8 Å². The summed E-state index contributed by atoms with van der Waals surface area (Å²) in [5.74, 6) is 0.657. The number of piperazine rings is 1. The Hall–Kier alpha value is -3.25. The summed E-state index contributed by atoms with van der Waals surface area (Å²) in [4.78, 5) is 36.0. The van der Waals surface area contributed by atoms with Crippen molar-refractivity contribution >= 4 is 28.7 Å². The first kappa shape index (κ1) is 24.4. The number of anilines is 2. The number of hydrogen-bond donors (Lipinski definition) is 0. The molecular formula is C24H30F2N8O2. The summed E-state index contributed by atoms with van der Waals surface area (Å²) in [5, 5.41) is 0. The molecule has 4 heterocycles. The Kier molecular flexibility index (Phi) is 6.80. The zero-order valence-electron chi connectivity index (χ0n) is 20.6. The molecule has 10 nitrogen and oxygen atoms in total. The molecule has 2 aromatic heterocycles. The van der Waals surface area contributed by atoms with Gasteiger partial charge in [0.15, 0.2) is 5.82 Å². The molecule has 2 atom stereocenters. The van der Waals surface area contributed by atoms with Gasteiger partial charge in [0.25, 0.3) is 6.43 Å². The average molecular weight is 501 g/mol. The molecule has 36 heavy (non-hydrogen) atoms. The zero-order valence-corrected chi connectivity index (χ0v) is 20.6. The van der Waals surface area contributed by atoms with Gasteiger partial charge in [-0.2, -0.15) is 15.0 Å². The van der Waals surface area contributed by atoms with Crippen LogP contribution < -0.4 is 9.80 Å². The van der Waals surface area contributed by atoms with E-state index in [9.17, 15) is 13.6 Å². The van der Waals surface area contributed by atoms with Crippen molar-refractivity contribution in [2.75, 3.05) is 55.7 Å². The molecular weight excluding hydrogens is 470 g/mol. The van der Waals surface area contributed by atoms with E-state index in [-0.39, 0.29) is 23.9 Å². The molecule has 2 saturated heterocycles. The number of hydrogen-bond acceptors (Lipinski definition) is 9. The number of carbonyl (C=O) groups is 1. The van der Waals surface area contributed by atoms with Gasteiger partial charge in [-0.05, 0) is 32.9 Å². The second-order valence-corrected chi connectivity index (χ2v) is 9.31. The lowest BCUT2D eigenvalue weighted by Gasteiger charge is -2.38. The predicted molar refractivity (Wildman–Crippen MR) is 131 cm³/mol. The number of imidazole rings is 1. The van der Waals surface area contributed by atoms with Gasteiger partial charge in [-0.15, -0.1) is 0 Å². The lowest BCUT2D eigenvalue weighted by Crippen LogP contribution is -2.50. The van der Waals surface area contributed by atoms with E-state index in [0.29, 0.717) is 68.8 Å². The number of alkyl halides is 2. The molecule has 5 rings (SSSR count). The van der Waals surface area contributed by atoms with E-state index < -0.39 is 12.2 Å². The van der Waals surface area contributed by atoms with E-state index >= 15 is 0 Å². The van der Waals surface area contributed by atoms with Crippen LogP contribution in [0.2, 0.25) is 0 Å². The number of morpholine rings is 1. The van der Waals surface area contributed by atoms with Gasteiger partial charge < -0.3 is 14.5 Å². The largest absolute Gasteiger partial charge is 0.375 e. The summed E-state index contributed by atoms with van der Waals surface area (Å²) in [7, 11) is 0. The molecule has 12 heteroatoms. The maximum atomic E-state index is 14.1. The highest BCUT2D eigenvalue weighted by molar-refractivity contribution is 5.78. The fourth-order valence-electron chi connectivity index (χ4n) is 4.75. The summed E-state index contributed by atoms with van der Waals surface area (Å²) >= 11 is 0. The normalized spacial score (nSPS) is 21.5. The SMILES string of the molecule is CC(=O)CN1CCN(c2nc(N3CCOC(C)C3C)nc(-n3c(C(F)F)nc4ccccc43)n2)CC1. The number of fused-ring (bicyclic) bond motifs is 1. The molecule has 2 aliphatic heterocycles. The summed E-state index contributed by atoms with van der Waals surface area (Å²) in [6.07, 6.45) is -2.85. The molecule has 0 N–H and O–H groups in total. The van der Waals surface area contributed by atoms with Crippen molar-refractivity contribution in [3.63, 3.8) is 0 Å². The van der Waals surface area contributed by atoms with Crippen LogP contribution in [0, 0.1) is 0 Å². The van der Waals surface area contributed by atoms with Crippen LogP contribution in [0.3, 0.4) is 0 Å². The first-order valence-electron chi connectivity index (χ1n) is 12.2. The van der Waals surface area contributed by atoms with Crippen LogP contribution >= 0.6 is 0 Å². The molecule has 0 bridgehead atoms. The molecule has 3 aromatic rings. The van der Waals surface area contributed by atoms with Gasteiger partial charge in [0.1, 0.15) is 5.78 Å². The predicted octanol–water partition coefficient (Wildman–Crippen LogP) is 2.47. The second kappa shape index (κ2) is 10.0. The van der Waals surface area contributed by atoms with Gasteiger partial charge >= 0.3 is 0 Å². The van der Waals surface area contributed by atoms with Crippen molar-refractivity contribution in [2.24, 2.45) is 0 Å². The van der Waals surface area contributed by atoms with E-state index in [1.165, 1.54) is 4.57 Å². The summed E-state index contributed by atoms with van der Waals surface area (Å²) in [6, 6.07) is 6.95. The molecule has 0 saturated carbocycles. The number of carbonyl (C=O) groups excluding carboxylic acids is 1. The van der Waals surface area contributed by atoms with Gasteiger partial charge in [-0.25, -0.2) is 13.8 Å². The third kappa shape index (κ3) is 4.74. The van der Waals surface area contributed by atoms with Crippen molar-refractivity contribution in [3.05, 3.63) is 30.1 Å². The molecule has 1 aromatic carbocycles. The highest BCUT2D eigenvalue weighted by atomic mass is 19.3. The average Bonchev–Trinajstić information content (AvgIpc) is 3.26. The summed E-state index contributed by atoms with van der Waals surface area (Å²) in [6.45, 7) is 9.68. The smallest absolute Gasteiger partial charge is 0.296 e. The zero-order chi connectivity index (χ0) is 25.4. The molecule has 192 valence electrons. The number of ether oxygens (including phenoxy) is 1. The number of Topliss-reactive ketones (excluding diaryl/α,β-unsaturated/α-hetero) is 1. The molecule has 0 aliphatic carbocycles. The van der Waals surface area contributed by atoms with Gasteiger partial charge in [-0.3, -0.25) is 14.3 Å². The van der Waals surface area contributed by atoms with Gasteiger partial charge in [-0.1, -0.05) is 12.1 Å². The number of rotatable bonds is 6. The molecule has 2 fully saturated rings. The van der Waals surface area contributed by atoms with Crippen LogP contribution in [-0.4, -0.2) is 93.2 Å². The molecule has 0 radical (unpaired) electrons. The van der Waals surface area contributed by atoms with Crippen molar-refractivity contribution in [1.82, 2.24) is 29.4 Å². The minimum absolute atomic E-state index is 0.0108. The van der Waals surface area contributed by atoms with E-state index in [2.05, 4.69) is 19.9 Å². The van der Waals surface area contributed by atoms with Crippen molar-refractivity contribution < 1.29 is 18.3 Å². The number of nitrogens with zero attached hydrogens (tertiary/aromatic N) is 8. The van der Waals surface area contributed by atoms with Crippen LogP contribution in [0.15, 0.2) is 24.3 Å². The van der Waals surface area contributed by atoms with E-state index in [1.54, 1.807) is 31.2 Å². The van der Waals surface area contributed by atoms with Crippen LogP contribution in [0.1, 0.15) is 33.0 Å². The van der Waals surface area contributed by atoms with E-state index in [0.717, 1.165) is 0 Å². The third-order valence-corrected chi connectivity index (χ3v) is 6.82. The number of ketones is 1. The first-order valence-corrected chi connectivity index (χ1v) is 12.2. The lowest BCUT2D eigenvalue weighted by atomic mass is 10.1. The Morgan fingerprint density at radius 2 is 1.69 bits per heavy atom. The topological polar surface area (TPSA) is 92.5 Å². The van der Waals surface area contributed by atoms with Crippen molar-refractivity contribution in [3.8, 4) is 5.95 Å². The number of halogens is 2. The highest BCUT2D eigenvalue weighted by Gasteiger charge is 2.31. The third-order valence-electron chi connectivity index (χ3n) is 6.82. The fraction of sp³-hybridized carbons (Fsp3) is 0.542. The summed E-state index contributed by atoms with van der Waals surface area (Å²) < 4.78 is 35.3. The minimum Gasteiger partial charge on any atom is -0.375 e. The fourth-order valence-corrected chi connectivity index (χ4v) is 4.75. The Bertz CT molecular complexity index is 1240. The van der Waals surface area contributed by atoms with Crippen LogP contribution in [0.25, 0.3) is 17.0 Å². The Labute approximate surface area is 207 Å². The van der Waals surface area contributed by atoms with E-state index in [1.807, 2.05) is 23.6 Å². The number of para-hydroxylation sites is 2. The number of aromatic nitrogens is 5. The van der Waals surface area contributed by atoms with Gasteiger partial charge in [0.05, 0.1) is 36.3 Å². The molecule has 0 spiro atoms. The number of benzene rings is 1. The monoisotopic (exact) mass is 500 g/mol. The highest BCUT2D eigenvalue weighted by Crippen LogP contribution is 2.29. The quantitative estimate of drug-likeness (QED) is 0.506. The maximum absolute atomic E-state index is 14.1. The van der Waals surface area contributed by atoms with Crippen molar-refractivity contribution in [1.29, 1.82) is 0 Å². The Morgan fingerprint density at radius 1 is 1.00 bits per heavy atom. The molecule has 2 aliphatic rings. The Morgan fingerprint density at radius 3 is 2.42 bits per heavy atom. The lowest BCUT2D eigenvalue weighted by molar-refractivity contribution is -0.118. The maximum Gasteiger partial charge on any atom is 0.296 e. The van der Waals surface area contributed by atoms with Crippen molar-refractivity contribution in [2.45, 2.75) is 39.3 Å². The molecule has 2 unspecified atom stereocenters. The van der Waals surface area contributed by atoms with Crippen LogP contribution in [0.4, 0.5) is 20.7 Å². The standard InChI is InChI=1S/C24H30F2N8O2/c1-15(35)14-31-8-10-32(11-9-31)22-28-23(33-12-13-36-17(3)16(33)2)30-24(29-22)34-19-7-5-4-6-18(19)27-21(34)20(25)26/h4-7,16-17,20H,8-14H2,1-3H3. The van der Waals surface area contributed by atoms with Crippen LogP contribution in [0.5, 0.6) is 0 Å². The first-order chi connectivity index (χ1) is 17.3.